The maximum absolute atomic E-state index is 12.0. The lowest BCUT2D eigenvalue weighted by Crippen LogP contribution is -2.34. The molecule has 0 spiro atoms. The molecule has 0 bridgehead atoms. The molecule has 2 aromatic rings. The first-order chi connectivity index (χ1) is 13.0. The number of hydrogen-bond acceptors (Lipinski definition) is 4. The molecule has 0 unspecified atom stereocenters. The quantitative estimate of drug-likeness (QED) is 0.423. The van der Waals surface area contributed by atoms with Crippen molar-refractivity contribution in [2.24, 2.45) is 5.10 Å². The third kappa shape index (κ3) is 6.33. The standard InChI is InChI=1S/C19H15Cl2N3O3/c1-2-9-27-17-6-4-3-5-14(17)11-23-24-18(25)12-22-19(26)13-7-8-15(20)16(21)10-13/h1,3-8,10-11H,9,12H2,(H,22,26)(H,24,25)/b23-11-. The van der Waals surface area contributed by atoms with Crippen LogP contribution in [0.1, 0.15) is 15.9 Å². The van der Waals surface area contributed by atoms with Crippen LogP contribution < -0.4 is 15.5 Å². The molecule has 0 aliphatic heterocycles. The van der Waals surface area contributed by atoms with Crippen LogP contribution in [0.4, 0.5) is 0 Å². The van der Waals surface area contributed by atoms with E-state index in [1.807, 2.05) is 0 Å². The van der Waals surface area contributed by atoms with E-state index < -0.39 is 11.8 Å². The minimum atomic E-state index is -0.498. The molecule has 2 rings (SSSR count). The molecule has 8 heteroatoms. The molecule has 2 N–H and O–H groups in total. The first kappa shape index (κ1) is 20.3. The van der Waals surface area contributed by atoms with E-state index in [-0.39, 0.29) is 18.2 Å². The summed E-state index contributed by atoms with van der Waals surface area (Å²) in [7, 11) is 0. The lowest BCUT2D eigenvalue weighted by Gasteiger charge is -2.06. The molecule has 0 atom stereocenters. The molecule has 0 radical (unpaired) electrons. The predicted molar refractivity (Wildman–Crippen MR) is 105 cm³/mol. The van der Waals surface area contributed by atoms with Crippen LogP contribution in [-0.4, -0.2) is 31.2 Å². The van der Waals surface area contributed by atoms with Gasteiger partial charge in [-0.2, -0.15) is 5.10 Å². The molecule has 0 fully saturated rings. The molecule has 27 heavy (non-hydrogen) atoms. The zero-order valence-electron chi connectivity index (χ0n) is 14.0. The van der Waals surface area contributed by atoms with Crippen LogP contribution in [0, 0.1) is 12.3 Å². The first-order valence-electron chi connectivity index (χ1n) is 7.71. The van der Waals surface area contributed by atoms with Gasteiger partial charge in [-0.25, -0.2) is 5.43 Å². The van der Waals surface area contributed by atoms with Crippen molar-refractivity contribution in [2.45, 2.75) is 0 Å². The Balaban J connectivity index is 1.86. The van der Waals surface area contributed by atoms with E-state index in [4.69, 9.17) is 34.4 Å². The van der Waals surface area contributed by atoms with Crippen molar-refractivity contribution >= 4 is 41.2 Å². The van der Waals surface area contributed by atoms with Crippen LogP contribution in [0.5, 0.6) is 5.75 Å². The zero-order chi connectivity index (χ0) is 19.6. The van der Waals surface area contributed by atoms with Crippen molar-refractivity contribution in [3.8, 4) is 18.1 Å². The second-order valence-corrected chi connectivity index (χ2v) is 5.95. The van der Waals surface area contributed by atoms with Gasteiger partial charge in [-0.1, -0.05) is 41.3 Å². The van der Waals surface area contributed by atoms with Gasteiger partial charge in [0.05, 0.1) is 22.8 Å². The van der Waals surface area contributed by atoms with Crippen molar-refractivity contribution in [1.29, 1.82) is 0 Å². The minimum absolute atomic E-state index is 0.123. The van der Waals surface area contributed by atoms with Crippen molar-refractivity contribution < 1.29 is 14.3 Å². The average Bonchev–Trinajstić information content (AvgIpc) is 2.67. The number of nitrogens with one attached hydrogen (secondary N) is 2. The summed E-state index contributed by atoms with van der Waals surface area (Å²) < 4.78 is 5.37. The SMILES string of the molecule is C#CCOc1ccccc1/C=N\NC(=O)CNC(=O)c1ccc(Cl)c(Cl)c1. The summed E-state index contributed by atoms with van der Waals surface area (Å²) in [5, 5.41) is 6.89. The second kappa shape index (κ2) is 10.2. The highest BCUT2D eigenvalue weighted by atomic mass is 35.5. The Morgan fingerprint density at radius 3 is 2.70 bits per heavy atom. The fraction of sp³-hybridized carbons (Fsp3) is 0.105. The monoisotopic (exact) mass is 403 g/mol. The first-order valence-corrected chi connectivity index (χ1v) is 8.47. The topological polar surface area (TPSA) is 79.8 Å². The number of carbonyl (C=O) groups excluding carboxylic acids is 2. The number of benzene rings is 2. The molecule has 0 aromatic heterocycles. The molecule has 0 aliphatic rings. The Labute approximate surface area is 166 Å². The maximum Gasteiger partial charge on any atom is 0.259 e. The fourth-order valence-corrected chi connectivity index (χ4v) is 2.25. The number of hydrogen-bond donors (Lipinski definition) is 2. The van der Waals surface area contributed by atoms with E-state index in [0.29, 0.717) is 21.9 Å². The van der Waals surface area contributed by atoms with Gasteiger partial charge in [0, 0.05) is 11.1 Å². The van der Waals surface area contributed by atoms with Gasteiger partial charge in [-0.3, -0.25) is 9.59 Å². The highest BCUT2D eigenvalue weighted by Crippen LogP contribution is 2.22. The minimum Gasteiger partial charge on any atom is -0.480 e. The van der Waals surface area contributed by atoms with Crippen LogP contribution >= 0.6 is 23.2 Å². The Kier molecular flexibility index (Phi) is 7.68. The smallest absolute Gasteiger partial charge is 0.259 e. The highest BCUT2D eigenvalue weighted by Gasteiger charge is 2.09. The van der Waals surface area contributed by atoms with Crippen molar-refractivity contribution in [2.75, 3.05) is 13.2 Å². The number of halogens is 2. The molecule has 0 saturated carbocycles. The highest BCUT2D eigenvalue weighted by molar-refractivity contribution is 6.42. The summed E-state index contributed by atoms with van der Waals surface area (Å²) in [5.41, 5.74) is 3.25. The van der Waals surface area contributed by atoms with Gasteiger partial charge < -0.3 is 10.1 Å². The van der Waals surface area contributed by atoms with Gasteiger partial charge in [0.25, 0.3) is 11.8 Å². The fourth-order valence-electron chi connectivity index (χ4n) is 1.95. The van der Waals surface area contributed by atoms with E-state index in [1.165, 1.54) is 24.4 Å². The number of ether oxygens (including phenoxy) is 1. The van der Waals surface area contributed by atoms with E-state index in [9.17, 15) is 9.59 Å². The third-order valence-corrected chi connectivity index (χ3v) is 3.95. The lowest BCUT2D eigenvalue weighted by atomic mass is 10.2. The molecular weight excluding hydrogens is 389 g/mol. The molecule has 2 amide bonds. The van der Waals surface area contributed by atoms with Gasteiger partial charge in [0.2, 0.25) is 0 Å². The molecular formula is C19H15Cl2N3O3. The summed E-state index contributed by atoms with van der Waals surface area (Å²) in [6.45, 7) is -0.135. The van der Waals surface area contributed by atoms with Crippen LogP contribution in [0.15, 0.2) is 47.6 Å². The van der Waals surface area contributed by atoms with E-state index in [1.54, 1.807) is 24.3 Å². The Hall–Kier alpha value is -3.01. The number of carbonyl (C=O) groups is 2. The number of hydrazone groups is 1. The number of terminal acetylenes is 1. The lowest BCUT2D eigenvalue weighted by molar-refractivity contribution is -0.120. The molecule has 6 nitrogen and oxygen atoms in total. The summed E-state index contributed by atoms with van der Waals surface area (Å²) >= 11 is 11.7. The van der Waals surface area contributed by atoms with Gasteiger partial charge in [0.1, 0.15) is 12.4 Å². The average molecular weight is 404 g/mol. The van der Waals surface area contributed by atoms with Gasteiger partial charge in [-0.15, -0.1) is 6.42 Å². The van der Waals surface area contributed by atoms with E-state index in [2.05, 4.69) is 21.8 Å². The van der Waals surface area contributed by atoms with Gasteiger partial charge in [0.15, 0.2) is 0 Å². The van der Waals surface area contributed by atoms with E-state index in [0.717, 1.165) is 0 Å². The summed E-state index contributed by atoms with van der Waals surface area (Å²) in [6.07, 6.45) is 6.59. The normalized spacial score (nSPS) is 10.3. The molecule has 0 saturated heterocycles. The van der Waals surface area contributed by atoms with Crippen LogP contribution in [-0.2, 0) is 4.79 Å². The number of nitrogens with zero attached hydrogens (tertiary/aromatic N) is 1. The van der Waals surface area contributed by atoms with Crippen molar-refractivity contribution in [1.82, 2.24) is 10.7 Å². The molecule has 138 valence electrons. The second-order valence-electron chi connectivity index (χ2n) is 5.14. The van der Waals surface area contributed by atoms with Gasteiger partial charge >= 0.3 is 0 Å². The summed E-state index contributed by atoms with van der Waals surface area (Å²) in [4.78, 5) is 23.8. The predicted octanol–water partition coefficient (Wildman–Crippen LogP) is 2.89. The van der Waals surface area contributed by atoms with Crippen LogP contribution in [0.3, 0.4) is 0 Å². The van der Waals surface area contributed by atoms with E-state index >= 15 is 0 Å². The van der Waals surface area contributed by atoms with Gasteiger partial charge in [-0.05, 0) is 30.3 Å². The number of rotatable bonds is 7. The molecule has 0 heterocycles. The third-order valence-electron chi connectivity index (χ3n) is 3.21. The Morgan fingerprint density at radius 1 is 1.19 bits per heavy atom. The van der Waals surface area contributed by atoms with Crippen LogP contribution in [0.2, 0.25) is 10.0 Å². The number of amides is 2. The molecule has 2 aromatic carbocycles. The summed E-state index contributed by atoms with van der Waals surface area (Å²) in [6, 6.07) is 11.5. The largest absolute Gasteiger partial charge is 0.480 e. The number of para-hydroxylation sites is 1. The zero-order valence-corrected chi connectivity index (χ0v) is 15.6. The Bertz CT molecular complexity index is 907. The molecule has 0 aliphatic carbocycles. The van der Waals surface area contributed by atoms with Crippen molar-refractivity contribution in [3.05, 3.63) is 63.6 Å². The Morgan fingerprint density at radius 2 is 1.96 bits per heavy atom. The van der Waals surface area contributed by atoms with Crippen molar-refractivity contribution in [3.63, 3.8) is 0 Å². The summed E-state index contributed by atoms with van der Waals surface area (Å²) in [5.74, 6) is 1.96. The van der Waals surface area contributed by atoms with Crippen LogP contribution in [0.25, 0.3) is 0 Å². The maximum atomic E-state index is 12.0.